The Bertz CT molecular complexity index is 684. The van der Waals surface area contributed by atoms with Gasteiger partial charge in [0.15, 0.2) is 5.65 Å². The highest BCUT2D eigenvalue weighted by atomic mass is 16.5. The van der Waals surface area contributed by atoms with Gasteiger partial charge in [-0.25, -0.2) is 4.98 Å². The smallest absolute Gasteiger partial charge is 0.313 e. The van der Waals surface area contributed by atoms with Crippen molar-refractivity contribution in [2.75, 3.05) is 7.11 Å². The summed E-state index contributed by atoms with van der Waals surface area (Å²) in [7, 11) is 3.05. The summed E-state index contributed by atoms with van der Waals surface area (Å²) in [5.41, 5.74) is -0.483. The van der Waals surface area contributed by atoms with Crippen LogP contribution in [0.2, 0.25) is 0 Å². The van der Waals surface area contributed by atoms with Crippen molar-refractivity contribution in [1.29, 1.82) is 0 Å². The number of ether oxygens (including phenoxy) is 1. The number of esters is 1. The van der Waals surface area contributed by atoms with Crippen molar-refractivity contribution in [3.63, 3.8) is 0 Å². The lowest BCUT2D eigenvalue weighted by atomic mass is 9.93. The number of aromatic nitrogens is 4. The van der Waals surface area contributed by atoms with Gasteiger partial charge in [0, 0.05) is 13.6 Å². The molecule has 0 unspecified atom stereocenters. The number of rotatable bonds is 3. The van der Waals surface area contributed by atoms with Crippen molar-refractivity contribution in [3.05, 3.63) is 22.9 Å². The number of hydrogen-bond acceptors (Lipinski definition) is 5. The van der Waals surface area contributed by atoms with Gasteiger partial charge in [-0.15, -0.1) is 0 Å². The van der Waals surface area contributed by atoms with Crippen LogP contribution in [0.15, 0.2) is 17.3 Å². The maximum atomic E-state index is 12.2. The molecule has 0 aromatic carbocycles. The van der Waals surface area contributed by atoms with Crippen LogP contribution in [0.1, 0.15) is 13.8 Å². The average Bonchev–Trinajstić information content (AvgIpc) is 2.74. The van der Waals surface area contributed by atoms with Gasteiger partial charge in [-0.3, -0.25) is 18.8 Å². The van der Waals surface area contributed by atoms with Crippen LogP contribution in [0, 0.1) is 5.41 Å². The first kappa shape index (κ1) is 13.3. The highest BCUT2D eigenvalue weighted by Crippen LogP contribution is 2.19. The molecule has 2 aromatic rings. The van der Waals surface area contributed by atoms with E-state index in [0.29, 0.717) is 11.0 Å². The fourth-order valence-corrected chi connectivity index (χ4v) is 1.95. The minimum Gasteiger partial charge on any atom is -0.469 e. The van der Waals surface area contributed by atoms with Crippen LogP contribution in [0.4, 0.5) is 0 Å². The largest absolute Gasteiger partial charge is 0.469 e. The molecule has 0 bridgehead atoms. The number of carbonyl (C=O) groups is 1. The van der Waals surface area contributed by atoms with Gasteiger partial charge >= 0.3 is 5.97 Å². The van der Waals surface area contributed by atoms with Gasteiger partial charge in [-0.2, -0.15) is 5.10 Å². The number of fused-ring (bicyclic) bond motifs is 1. The third kappa shape index (κ3) is 2.23. The van der Waals surface area contributed by atoms with E-state index in [4.69, 9.17) is 4.74 Å². The molecule has 0 spiro atoms. The van der Waals surface area contributed by atoms with Crippen LogP contribution < -0.4 is 5.56 Å². The van der Waals surface area contributed by atoms with Crippen LogP contribution >= 0.6 is 0 Å². The van der Waals surface area contributed by atoms with Crippen molar-refractivity contribution >= 4 is 17.0 Å². The number of carbonyl (C=O) groups excluding carboxylic acids is 1. The Hall–Kier alpha value is -2.18. The maximum Gasteiger partial charge on any atom is 0.313 e. The van der Waals surface area contributed by atoms with Gasteiger partial charge in [0.1, 0.15) is 11.7 Å². The van der Waals surface area contributed by atoms with E-state index in [2.05, 4.69) is 10.1 Å². The molecule has 0 aliphatic heterocycles. The summed E-state index contributed by atoms with van der Waals surface area (Å²) in [5.74, 6) is -0.370. The lowest BCUT2D eigenvalue weighted by Gasteiger charge is -2.22. The zero-order valence-corrected chi connectivity index (χ0v) is 11.4. The number of hydrogen-bond donors (Lipinski definition) is 0. The second kappa shape index (κ2) is 4.49. The van der Waals surface area contributed by atoms with E-state index in [0.717, 1.165) is 0 Å². The van der Waals surface area contributed by atoms with Crippen LogP contribution in [-0.2, 0) is 23.1 Å². The molecular weight excluding hydrogens is 248 g/mol. The van der Waals surface area contributed by atoms with Gasteiger partial charge in [-0.1, -0.05) is 0 Å². The molecule has 0 atom stereocenters. The number of aryl methyl sites for hydroxylation is 1. The van der Waals surface area contributed by atoms with E-state index >= 15 is 0 Å². The molecule has 0 aliphatic rings. The predicted molar refractivity (Wildman–Crippen MR) is 68.6 cm³/mol. The summed E-state index contributed by atoms with van der Waals surface area (Å²) >= 11 is 0. The SMILES string of the molecule is COC(=O)C(C)(C)Cn1cnc2c(cnn2C)c1=O. The Labute approximate surface area is 109 Å². The predicted octanol–water partition coefficient (Wildman–Crippen LogP) is 0.329. The molecule has 19 heavy (non-hydrogen) atoms. The second-order valence-corrected chi connectivity index (χ2v) is 5.06. The van der Waals surface area contributed by atoms with Gasteiger partial charge < -0.3 is 4.74 Å². The van der Waals surface area contributed by atoms with E-state index in [1.54, 1.807) is 20.9 Å². The van der Waals surface area contributed by atoms with Crippen molar-refractivity contribution < 1.29 is 9.53 Å². The third-order valence-electron chi connectivity index (χ3n) is 3.02. The fourth-order valence-electron chi connectivity index (χ4n) is 1.95. The monoisotopic (exact) mass is 264 g/mol. The molecule has 7 nitrogen and oxygen atoms in total. The molecule has 2 rings (SSSR count). The molecule has 0 radical (unpaired) electrons. The lowest BCUT2D eigenvalue weighted by Crippen LogP contribution is -2.35. The van der Waals surface area contributed by atoms with Gasteiger partial charge in [0.2, 0.25) is 0 Å². The van der Waals surface area contributed by atoms with E-state index in [9.17, 15) is 9.59 Å². The van der Waals surface area contributed by atoms with E-state index < -0.39 is 5.41 Å². The first-order valence-corrected chi connectivity index (χ1v) is 5.82. The standard InChI is InChI=1S/C12H16N4O3/c1-12(2,11(18)19-4)6-16-7-13-9-8(10(16)17)5-14-15(9)3/h5,7H,6H2,1-4H3. The van der Waals surface area contributed by atoms with E-state index in [1.165, 1.54) is 28.9 Å². The number of methoxy groups -OCH3 is 1. The van der Waals surface area contributed by atoms with Crippen molar-refractivity contribution in [3.8, 4) is 0 Å². The van der Waals surface area contributed by atoms with Crippen molar-refractivity contribution in [2.24, 2.45) is 12.5 Å². The van der Waals surface area contributed by atoms with Crippen LogP contribution in [0.5, 0.6) is 0 Å². The summed E-state index contributed by atoms with van der Waals surface area (Å²) in [4.78, 5) is 28.1. The van der Waals surface area contributed by atoms with E-state index in [-0.39, 0.29) is 18.1 Å². The maximum absolute atomic E-state index is 12.2. The highest BCUT2D eigenvalue weighted by Gasteiger charge is 2.30. The molecule has 0 aliphatic carbocycles. The fraction of sp³-hybridized carbons (Fsp3) is 0.500. The Morgan fingerprint density at radius 1 is 1.47 bits per heavy atom. The molecule has 0 N–H and O–H groups in total. The molecule has 102 valence electrons. The van der Waals surface area contributed by atoms with Crippen molar-refractivity contribution in [2.45, 2.75) is 20.4 Å². The van der Waals surface area contributed by atoms with Crippen LogP contribution in [0.3, 0.4) is 0 Å². The molecule has 0 fully saturated rings. The Morgan fingerprint density at radius 2 is 2.16 bits per heavy atom. The van der Waals surface area contributed by atoms with E-state index in [1.807, 2.05) is 0 Å². The first-order chi connectivity index (χ1) is 8.86. The van der Waals surface area contributed by atoms with Crippen molar-refractivity contribution in [1.82, 2.24) is 19.3 Å². The molecule has 0 amide bonds. The topological polar surface area (TPSA) is 79.0 Å². The van der Waals surface area contributed by atoms with Gasteiger partial charge in [0.25, 0.3) is 5.56 Å². The quantitative estimate of drug-likeness (QED) is 0.746. The van der Waals surface area contributed by atoms with Crippen LogP contribution in [0.25, 0.3) is 11.0 Å². The molecule has 0 saturated carbocycles. The summed E-state index contributed by atoms with van der Waals surface area (Å²) in [5, 5.41) is 4.43. The molecule has 2 heterocycles. The Morgan fingerprint density at radius 3 is 2.79 bits per heavy atom. The summed E-state index contributed by atoms with van der Waals surface area (Å²) in [6.45, 7) is 3.65. The second-order valence-electron chi connectivity index (χ2n) is 5.06. The average molecular weight is 264 g/mol. The molecule has 2 aromatic heterocycles. The minimum absolute atomic E-state index is 0.205. The molecule has 7 heteroatoms. The van der Waals surface area contributed by atoms with Gasteiger partial charge in [-0.05, 0) is 13.8 Å². The lowest BCUT2D eigenvalue weighted by molar-refractivity contribution is -0.151. The zero-order chi connectivity index (χ0) is 14.2. The minimum atomic E-state index is -0.795. The summed E-state index contributed by atoms with van der Waals surface area (Å²) in [6, 6.07) is 0. The zero-order valence-electron chi connectivity index (χ0n) is 11.4. The third-order valence-corrected chi connectivity index (χ3v) is 3.02. The van der Waals surface area contributed by atoms with Crippen LogP contribution in [-0.4, -0.2) is 32.4 Å². The summed E-state index contributed by atoms with van der Waals surface area (Å²) in [6.07, 6.45) is 2.91. The Balaban J connectivity index is 2.45. The Kier molecular flexibility index (Phi) is 3.13. The normalized spacial score (nSPS) is 11.8. The molecular formula is C12H16N4O3. The first-order valence-electron chi connectivity index (χ1n) is 5.82. The number of nitrogens with zero attached hydrogens (tertiary/aromatic N) is 4. The molecule has 0 saturated heterocycles. The highest BCUT2D eigenvalue weighted by molar-refractivity contribution is 5.76. The summed E-state index contributed by atoms with van der Waals surface area (Å²) < 4.78 is 7.67. The van der Waals surface area contributed by atoms with Gasteiger partial charge in [0.05, 0.1) is 18.7 Å².